The molecule has 25 heavy (non-hydrogen) atoms. The van der Waals surface area contributed by atoms with E-state index in [1.54, 1.807) is 0 Å². The third kappa shape index (κ3) is 4.29. The largest absolute Gasteiger partial charge is 0.378 e. The summed E-state index contributed by atoms with van der Waals surface area (Å²) in [5, 5.41) is 0. The Morgan fingerprint density at radius 1 is 1.24 bits per heavy atom. The first-order valence-electron chi connectivity index (χ1n) is 9.55. The number of piperidine rings is 1. The van der Waals surface area contributed by atoms with Gasteiger partial charge in [-0.05, 0) is 26.2 Å². The van der Waals surface area contributed by atoms with Crippen molar-refractivity contribution in [1.29, 1.82) is 0 Å². The lowest BCUT2D eigenvalue weighted by Crippen LogP contribution is -2.41. The van der Waals surface area contributed by atoms with Crippen LogP contribution in [0.25, 0.3) is 0 Å². The molecule has 1 aromatic heterocycles. The lowest BCUT2D eigenvalue weighted by Gasteiger charge is -2.34. The Morgan fingerprint density at radius 3 is 2.56 bits per heavy atom. The molecule has 138 valence electrons. The van der Waals surface area contributed by atoms with Gasteiger partial charge in [0.25, 0.3) is 0 Å². The van der Waals surface area contributed by atoms with Crippen molar-refractivity contribution in [3.63, 3.8) is 0 Å². The van der Waals surface area contributed by atoms with E-state index in [4.69, 9.17) is 9.72 Å². The van der Waals surface area contributed by atoms with Crippen LogP contribution in [0.1, 0.15) is 50.5 Å². The van der Waals surface area contributed by atoms with Crippen LogP contribution in [0.2, 0.25) is 0 Å². The Hall–Kier alpha value is -1.69. The van der Waals surface area contributed by atoms with E-state index >= 15 is 0 Å². The molecule has 2 saturated heterocycles. The van der Waals surface area contributed by atoms with Crippen LogP contribution >= 0.6 is 0 Å². The van der Waals surface area contributed by atoms with Crippen molar-refractivity contribution in [2.45, 2.75) is 46.0 Å². The van der Waals surface area contributed by atoms with Crippen molar-refractivity contribution in [2.75, 3.05) is 44.3 Å². The van der Waals surface area contributed by atoms with E-state index in [2.05, 4.69) is 22.9 Å². The van der Waals surface area contributed by atoms with Gasteiger partial charge < -0.3 is 14.5 Å². The molecule has 0 spiro atoms. The van der Waals surface area contributed by atoms with E-state index in [0.717, 1.165) is 76.0 Å². The van der Waals surface area contributed by atoms with Gasteiger partial charge in [0.1, 0.15) is 11.6 Å². The Kier molecular flexibility index (Phi) is 5.89. The molecular formula is C19H30N4O2. The normalized spacial score (nSPS) is 20.6. The van der Waals surface area contributed by atoms with Gasteiger partial charge >= 0.3 is 0 Å². The predicted molar refractivity (Wildman–Crippen MR) is 97.8 cm³/mol. The zero-order chi connectivity index (χ0) is 17.8. The highest BCUT2D eigenvalue weighted by atomic mass is 16.5. The molecule has 0 N–H and O–H groups in total. The molecule has 2 fully saturated rings. The molecule has 0 aromatic carbocycles. The highest BCUT2D eigenvalue weighted by Gasteiger charge is 2.27. The van der Waals surface area contributed by atoms with Gasteiger partial charge in [-0.2, -0.15) is 0 Å². The quantitative estimate of drug-likeness (QED) is 0.838. The van der Waals surface area contributed by atoms with Gasteiger partial charge in [-0.25, -0.2) is 9.97 Å². The number of aryl methyl sites for hydroxylation is 1. The zero-order valence-corrected chi connectivity index (χ0v) is 15.7. The van der Waals surface area contributed by atoms with Crippen LogP contribution in [0.3, 0.4) is 0 Å². The second-order valence-electron chi connectivity index (χ2n) is 7.21. The fourth-order valence-corrected chi connectivity index (χ4v) is 3.62. The average molecular weight is 346 g/mol. The highest BCUT2D eigenvalue weighted by molar-refractivity contribution is 5.78. The predicted octanol–water partition coefficient (Wildman–Crippen LogP) is 2.37. The third-order valence-electron chi connectivity index (χ3n) is 5.44. The molecule has 0 saturated carbocycles. The number of carbonyl (C=O) groups excluding carboxylic acids is 1. The van der Waals surface area contributed by atoms with Crippen LogP contribution in [0.15, 0.2) is 6.07 Å². The summed E-state index contributed by atoms with van der Waals surface area (Å²) in [6.45, 7) is 11.0. The Balaban J connectivity index is 1.66. The first kappa shape index (κ1) is 18.1. The first-order valence-corrected chi connectivity index (χ1v) is 9.55. The van der Waals surface area contributed by atoms with Crippen LogP contribution in [-0.4, -0.2) is 60.2 Å². The molecule has 1 atom stereocenters. The number of rotatable bonds is 4. The lowest BCUT2D eigenvalue weighted by atomic mass is 9.92. The molecule has 2 aliphatic heterocycles. The molecule has 6 nitrogen and oxygen atoms in total. The van der Waals surface area contributed by atoms with Gasteiger partial charge in [0, 0.05) is 49.8 Å². The summed E-state index contributed by atoms with van der Waals surface area (Å²) in [6.07, 6.45) is 2.88. The Bertz CT molecular complexity index is 593. The van der Waals surface area contributed by atoms with Gasteiger partial charge in [-0.1, -0.05) is 13.8 Å². The molecule has 0 radical (unpaired) electrons. The Morgan fingerprint density at radius 2 is 1.92 bits per heavy atom. The topological polar surface area (TPSA) is 58.6 Å². The summed E-state index contributed by atoms with van der Waals surface area (Å²) in [6, 6.07) is 2.15. The number of hydrogen-bond acceptors (Lipinski definition) is 5. The SMILES string of the molecule is CC[C@H](C)C(=O)N1CCC(c2cc(N3CCOCC3)nc(C)n2)CC1. The van der Waals surface area contributed by atoms with E-state index in [1.165, 1.54) is 0 Å². The van der Waals surface area contributed by atoms with Crippen molar-refractivity contribution in [3.8, 4) is 0 Å². The molecule has 6 heteroatoms. The second-order valence-corrected chi connectivity index (χ2v) is 7.21. The van der Waals surface area contributed by atoms with E-state index in [1.807, 2.05) is 18.7 Å². The van der Waals surface area contributed by atoms with E-state index in [-0.39, 0.29) is 5.92 Å². The number of aromatic nitrogens is 2. The number of hydrogen-bond donors (Lipinski definition) is 0. The minimum atomic E-state index is 0.130. The number of amides is 1. The minimum absolute atomic E-state index is 0.130. The monoisotopic (exact) mass is 346 g/mol. The van der Waals surface area contributed by atoms with Gasteiger partial charge in [-0.15, -0.1) is 0 Å². The summed E-state index contributed by atoms with van der Waals surface area (Å²) in [5.74, 6) is 2.70. The summed E-state index contributed by atoms with van der Waals surface area (Å²) >= 11 is 0. The molecule has 3 heterocycles. The maximum absolute atomic E-state index is 12.4. The minimum Gasteiger partial charge on any atom is -0.378 e. The number of morpholine rings is 1. The molecular weight excluding hydrogens is 316 g/mol. The standard InChI is InChI=1S/C19H30N4O2/c1-4-14(2)19(24)23-7-5-16(6-8-23)17-13-18(21-15(3)20-17)22-9-11-25-12-10-22/h13-14,16H,4-12H2,1-3H3/t14-/m0/s1. The fourth-order valence-electron chi connectivity index (χ4n) is 3.62. The van der Waals surface area contributed by atoms with Crippen LogP contribution in [0, 0.1) is 12.8 Å². The van der Waals surface area contributed by atoms with E-state index < -0.39 is 0 Å². The molecule has 2 aliphatic rings. The zero-order valence-electron chi connectivity index (χ0n) is 15.7. The maximum Gasteiger partial charge on any atom is 0.225 e. The van der Waals surface area contributed by atoms with E-state index in [9.17, 15) is 4.79 Å². The number of nitrogens with zero attached hydrogens (tertiary/aromatic N) is 4. The molecule has 3 rings (SSSR count). The summed E-state index contributed by atoms with van der Waals surface area (Å²) < 4.78 is 5.44. The van der Waals surface area contributed by atoms with E-state index in [0.29, 0.717) is 11.8 Å². The van der Waals surface area contributed by atoms with Crippen molar-refractivity contribution in [2.24, 2.45) is 5.92 Å². The second kappa shape index (κ2) is 8.13. The fraction of sp³-hybridized carbons (Fsp3) is 0.737. The number of anilines is 1. The third-order valence-corrected chi connectivity index (χ3v) is 5.44. The number of likely N-dealkylation sites (tertiary alicyclic amines) is 1. The van der Waals surface area contributed by atoms with Crippen molar-refractivity contribution >= 4 is 11.7 Å². The summed E-state index contributed by atoms with van der Waals surface area (Å²) in [5.41, 5.74) is 1.13. The van der Waals surface area contributed by atoms with Crippen LogP contribution in [-0.2, 0) is 9.53 Å². The number of ether oxygens (including phenoxy) is 1. The first-order chi connectivity index (χ1) is 12.1. The average Bonchev–Trinajstić information content (AvgIpc) is 2.67. The van der Waals surface area contributed by atoms with Crippen molar-refractivity contribution in [1.82, 2.24) is 14.9 Å². The lowest BCUT2D eigenvalue weighted by molar-refractivity contribution is -0.136. The van der Waals surface area contributed by atoms with Gasteiger partial charge in [0.15, 0.2) is 0 Å². The molecule has 1 amide bonds. The summed E-state index contributed by atoms with van der Waals surface area (Å²) in [4.78, 5) is 26.0. The highest BCUT2D eigenvalue weighted by Crippen LogP contribution is 2.29. The molecule has 0 aliphatic carbocycles. The Labute approximate surface area is 150 Å². The molecule has 1 aromatic rings. The number of carbonyl (C=O) groups is 1. The van der Waals surface area contributed by atoms with Crippen LogP contribution in [0.5, 0.6) is 0 Å². The smallest absolute Gasteiger partial charge is 0.225 e. The van der Waals surface area contributed by atoms with Crippen LogP contribution in [0.4, 0.5) is 5.82 Å². The summed E-state index contributed by atoms with van der Waals surface area (Å²) in [7, 11) is 0. The molecule has 0 bridgehead atoms. The van der Waals surface area contributed by atoms with Crippen molar-refractivity contribution < 1.29 is 9.53 Å². The van der Waals surface area contributed by atoms with Gasteiger partial charge in [0.2, 0.25) is 5.91 Å². The van der Waals surface area contributed by atoms with Gasteiger partial charge in [0.05, 0.1) is 13.2 Å². The molecule has 0 unspecified atom stereocenters. The van der Waals surface area contributed by atoms with Gasteiger partial charge in [-0.3, -0.25) is 4.79 Å². The van der Waals surface area contributed by atoms with Crippen LogP contribution < -0.4 is 4.90 Å². The maximum atomic E-state index is 12.4. The van der Waals surface area contributed by atoms with Crippen molar-refractivity contribution in [3.05, 3.63) is 17.6 Å².